The number of hydrogen-bond donors (Lipinski definition) is 0. The van der Waals surface area contributed by atoms with Crippen molar-refractivity contribution in [1.29, 1.82) is 0 Å². The summed E-state index contributed by atoms with van der Waals surface area (Å²) in [4.78, 5) is 27.5. The van der Waals surface area contributed by atoms with Gasteiger partial charge in [0.05, 0.1) is 5.54 Å². The Balaban J connectivity index is 1.44. The minimum Gasteiger partial charge on any atom is -0.313 e. The Kier molecular flexibility index (Phi) is 4.89. The Bertz CT molecular complexity index is 1060. The van der Waals surface area contributed by atoms with Crippen molar-refractivity contribution in [2.45, 2.75) is 97.4 Å². The SMILES string of the molecule is CC(=O)C12CC(N3C=C(C(C)C)[C@](C)(c4ccc([C@@H]5C[C@H]5C(C)(C)C)c(Cl)c4)CC3=O)(C1)C2. The summed E-state index contributed by atoms with van der Waals surface area (Å²) >= 11 is 6.86. The highest BCUT2D eigenvalue weighted by Crippen LogP contribution is 2.71. The largest absolute Gasteiger partial charge is 0.313 e. The number of carbonyl (C=O) groups excluding carboxylic acids is 2. The van der Waals surface area contributed by atoms with Crippen LogP contribution in [0.5, 0.6) is 0 Å². The fraction of sp³-hybridized carbons (Fsp3) is 0.655. The fourth-order valence-electron chi connectivity index (χ4n) is 7.33. The summed E-state index contributed by atoms with van der Waals surface area (Å²) in [7, 11) is 0. The molecular formula is C29H38ClNO2. The Labute approximate surface area is 203 Å². The molecule has 4 heteroatoms. The van der Waals surface area contributed by atoms with E-state index < -0.39 is 0 Å². The number of halogens is 1. The number of Topliss-reactive ketones (excluding diaryl/α,β-unsaturated/α-hetero) is 1. The zero-order valence-corrected chi connectivity index (χ0v) is 22.0. The highest BCUT2D eigenvalue weighted by Gasteiger charge is 2.73. The molecule has 0 N–H and O–H groups in total. The van der Waals surface area contributed by atoms with Gasteiger partial charge in [-0.3, -0.25) is 9.59 Å². The van der Waals surface area contributed by atoms with Gasteiger partial charge < -0.3 is 4.90 Å². The van der Waals surface area contributed by atoms with E-state index in [1.807, 2.05) is 4.90 Å². The van der Waals surface area contributed by atoms with Crippen LogP contribution in [0.2, 0.25) is 5.02 Å². The van der Waals surface area contributed by atoms with Gasteiger partial charge >= 0.3 is 0 Å². The third kappa shape index (κ3) is 3.28. The molecule has 1 amide bonds. The molecule has 33 heavy (non-hydrogen) atoms. The summed E-state index contributed by atoms with van der Waals surface area (Å²) in [6.07, 6.45) is 6.28. The van der Waals surface area contributed by atoms with Gasteiger partial charge in [0, 0.05) is 28.5 Å². The summed E-state index contributed by atoms with van der Waals surface area (Å²) in [5, 5.41) is 0.839. The van der Waals surface area contributed by atoms with Gasteiger partial charge in [-0.1, -0.05) is 65.3 Å². The first-order chi connectivity index (χ1) is 15.2. The Hall–Kier alpha value is -1.61. The number of benzene rings is 1. The molecule has 0 aromatic heterocycles. The van der Waals surface area contributed by atoms with E-state index in [1.54, 1.807) is 6.92 Å². The first-order valence-corrected chi connectivity index (χ1v) is 13.0. The number of nitrogens with zero attached hydrogens (tertiary/aromatic N) is 1. The van der Waals surface area contributed by atoms with Crippen molar-refractivity contribution in [3.8, 4) is 0 Å². The molecular weight excluding hydrogens is 430 g/mol. The molecule has 1 aromatic carbocycles. The summed E-state index contributed by atoms with van der Waals surface area (Å²) in [6.45, 7) is 15.3. The molecule has 178 valence electrons. The van der Waals surface area contributed by atoms with Crippen molar-refractivity contribution in [2.24, 2.45) is 22.7 Å². The highest BCUT2D eigenvalue weighted by molar-refractivity contribution is 6.31. The quantitative estimate of drug-likeness (QED) is 0.466. The lowest BCUT2D eigenvalue weighted by atomic mass is 9.37. The van der Waals surface area contributed by atoms with Crippen LogP contribution in [0.1, 0.15) is 97.6 Å². The standard InChI is InChI=1S/C29H38ClNO2/c1-17(2)23-13-31(29-14-28(15-29,16-29)18(3)32)25(33)12-27(23,7)19-8-9-20(24(30)10-19)21-11-22(21)26(4,5)6/h8-10,13,17,21-22H,11-12,14-16H2,1-7H3/t21-,22+,27-,28?,29?/m0/s1. The van der Waals surface area contributed by atoms with Gasteiger partial charge in [0.15, 0.2) is 0 Å². The van der Waals surface area contributed by atoms with Crippen LogP contribution < -0.4 is 0 Å². The highest BCUT2D eigenvalue weighted by atomic mass is 35.5. The molecule has 0 unspecified atom stereocenters. The second-order valence-corrected chi connectivity index (χ2v) is 13.6. The normalized spacial score (nSPS) is 37.4. The number of amides is 1. The number of ketones is 1. The molecule has 1 aliphatic heterocycles. The third-order valence-electron chi connectivity index (χ3n) is 9.50. The van der Waals surface area contributed by atoms with Crippen molar-refractivity contribution in [3.63, 3.8) is 0 Å². The van der Waals surface area contributed by atoms with E-state index in [0.717, 1.165) is 29.8 Å². The minimum absolute atomic E-state index is 0.125. The van der Waals surface area contributed by atoms with Crippen molar-refractivity contribution < 1.29 is 9.59 Å². The van der Waals surface area contributed by atoms with Crippen molar-refractivity contribution in [2.75, 3.05) is 0 Å². The Morgan fingerprint density at radius 2 is 1.82 bits per heavy atom. The molecule has 3 nitrogen and oxygen atoms in total. The van der Waals surface area contributed by atoms with Crippen LogP contribution >= 0.6 is 11.6 Å². The summed E-state index contributed by atoms with van der Waals surface area (Å²) in [6, 6.07) is 6.55. The molecule has 4 saturated carbocycles. The van der Waals surface area contributed by atoms with Crippen molar-refractivity contribution >= 4 is 23.3 Å². The van der Waals surface area contributed by atoms with Gasteiger partial charge in [0.2, 0.25) is 5.91 Å². The average molecular weight is 468 g/mol. The molecule has 0 saturated heterocycles. The van der Waals surface area contributed by atoms with Crippen LogP contribution in [-0.2, 0) is 15.0 Å². The van der Waals surface area contributed by atoms with Gasteiger partial charge in [0.25, 0.3) is 0 Å². The lowest BCUT2D eigenvalue weighted by Gasteiger charge is -2.72. The minimum atomic E-state index is -0.362. The molecule has 4 aliphatic carbocycles. The molecule has 6 rings (SSSR count). The second kappa shape index (κ2) is 6.97. The van der Waals surface area contributed by atoms with Gasteiger partial charge in [-0.05, 0) is 78.5 Å². The zero-order chi connectivity index (χ0) is 24.1. The second-order valence-electron chi connectivity index (χ2n) is 13.2. The number of hydrogen-bond acceptors (Lipinski definition) is 2. The first-order valence-electron chi connectivity index (χ1n) is 12.6. The maximum Gasteiger partial charge on any atom is 0.228 e. The first kappa shape index (κ1) is 23.1. The zero-order valence-electron chi connectivity index (χ0n) is 21.2. The maximum atomic E-state index is 13.5. The molecule has 1 heterocycles. The van der Waals surface area contributed by atoms with Gasteiger partial charge in [-0.15, -0.1) is 0 Å². The predicted molar refractivity (Wildman–Crippen MR) is 133 cm³/mol. The Morgan fingerprint density at radius 3 is 2.30 bits per heavy atom. The van der Waals surface area contributed by atoms with E-state index in [4.69, 9.17) is 11.6 Å². The van der Waals surface area contributed by atoms with Crippen molar-refractivity contribution in [3.05, 3.63) is 46.1 Å². The third-order valence-corrected chi connectivity index (χ3v) is 9.83. The van der Waals surface area contributed by atoms with E-state index >= 15 is 0 Å². The average Bonchev–Trinajstić information content (AvgIpc) is 3.41. The van der Waals surface area contributed by atoms with E-state index in [2.05, 4.69) is 65.9 Å². The van der Waals surface area contributed by atoms with E-state index in [9.17, 15) is 9.59 Å². The lowest BCUT2D eigenvalue weighted by Crippen LogP contribution is -2.77. The molecule has 5 aliphatic rings. The molecule has 0 spiro atoms. The van der Waals surface area contributed by atoms with Crippen molar-refractivity contribution in [1.82, 2.24) is 4.90 Å². The number of rotatable bonds is 5. The summed E-state index contributed by atoms with van der Waals surface area (Å²) in [5.41, 5.74) is 3.34. The van der Waals surface area contributed by atoms with Gasteiger partial charge in [-0.25, -0.2) is 0 Å². The monoisotopic (exact) mass is 467 g/mol. The van der Waals surface area contributed by atoms with Crippen LogP contribution in [0.3, 0.4) is 0 Å². The van der Waals surface area contributed by atoms with Crippen LogP contribution in [0.4, 0.5) is 0 Å². The molecule has 4 fully saturated rings. The van der Waals surface area contributed by atoms with E-state index in [1.165, 1.54) is 17.6 Å². The van der Waals surface area contributed by atoms with Crippen LogP contribution in [0.15, 0.2) is 30.0 Å². The fourth-order valence-corrected chi connectivity index (χ4v) is 7.65. The predicted octanol–water partition coefficient (Wildman–Crippen LogP) is 7.03. The van der Waals surface area contributed by atoms with Gasteiger partial charge in [-0.2, -0.15) is 0 Å². The summed E-state index contributed by atoms with van der Waals surface area (Å²) < 4.78 is 0. The topological polar surface area (TPSA) is 37.4 Å². The maximum absolute atomic E-state index is 13.5. The van der Waals surface area contributed by atoms with Crippen LogP contribution in [0.25, 0.3) is 0 Å². The molecule has 2 bridgehead atoms. The molecule has 0 radical (unpaired) electrons. The van der Waals surface area contributed by atoms with Gasteiger partial charge in [0.1, 0.15) is 5.78 Å². The Morgan fingerprint density at radius 1 is 1.18 bits per heavy atom. The van der Waals surface area contributed by atoms with E-state index in [0.29, 0.717) is 29.6 Å². The molecule has 1 aromatic rings. The number of allylic oxidation sites excluding steroid dienone is 1. The molecule has 3 atom stereocenters. The van der Waals surface area contributed by atoms with Crippen LogP contribution in [-0.4, -0.2) is 22.1 Å². The number of carbonyl (C=O) groups is 2. The van der Waals surface area contributed by atoms with E-state index in [-0.39, 0.29) is 28.1 Å². The van der Waals surface area contributed by atoms with Crippen LogP contribution in [0, 0.1) is 22.7 Å². The smallest absolute Gasteiger partial charge is 0.228 e. The lowest BCUT2D eigenvalue weighted by molar-refractivity contribution is -0.209. The summed E-state index contributed by atoms with van der Waals surface area (Å²) in [5.74, 6) is 1.99.